The molecule has 0 aliphatic rings. The van der Waals surface area contributed by atoms with E-state index >= 15 is 4.39 Å². The molecule has 0 saturated carbocycles. The summed E-state index contributed by atoms with van der Waals surface area (Å²) in [5.74, 6) is -4.70. The second-order valence-corrected chi connectivity index (χ2v) is 10.7. The highest BCUT2D eigenvalue weighted by molar-refractivity contribution is 7.92. The highest BCUT2D eigenvalue weighted by Crippen LogP contribution is 2.32. The Hall–Kier alpha value is -4.85. The van der Waals surface area contributed by atoms with Gasteiger partial charge in [0.05, 0.1) is 29.4 Å². The van der Waals surface area contributed by atoms with E-state index < -0.39 is 44.8 Å². The topological polar surface area (TPSA) is 132 Å². The Labute approximate surface area is 224 Å². The van der Waals surface area contributed by atoms with Gasteiger partial charge in [-0.15, -0.1) is 0 Å². The molecule has 0 saturated heterocycles. The first kappa shape index (κ1) is 26.7. The van der Waals surface area contributed by atoms with Crippen LogP contribution in [-0.2, 0) is 10.0 Å². The molecule has 0 radical (unpaired) electrons. The van der Waals surface area contributed by atoms with Crippen LogP contribution in [0.1, 0.15) is 21.6 Å². The number of hydrogen-bond acceptors (Lipinski definition) is 6. The van der Waals surface area contributed by atoms with Crippen LogP contribution >= 0.6 is 0 Å². The third kappa shape index (κ3) is 5.08. The van der Waals surface area contributed by atoms with Crippen molar-refractivity contribution in [1.82, 2.24) is 14.8 Å². The van der Waals surface area contributed by atoms with Crippen molar-refractivity contribution in [3.8, 4) is 17.2 Å². The van der Waals surface area contributed by atoms with Crippen LogP contribution in [0.5, 0.6) is 11.5 Å². The van der Waals surface area contributed by atoms with E-state index in [0.717, 1.165) is 47.5 Å². The fourth-order valence-electron chi connectivity index (χ4n) is 4.13. The lowest BCUT2D eigenvalue weighted by atomic mass is 10.1. The zero-order valence-corrected chi connectivity index (χ0v) is 21.5. The standard InChI is InChI=1S/C26H19F4N5O4S/c1-12-5-15(39-23-8-14(27)3-4-17(23)28)9-19(30)24(12)35-26(31)16(11-32-35)25(36)22-7-13-6-21(34-40(2,37)38)18(29)10-20(13)33-22/h3-11,33-34H,31H2,1-2H3. The van der Waals surface area contributed by atoms with Crippen LogP contribution in [0.4, 0.5) is 29.1 Å². The number of rotatable bonds is 7. The van der Waals surface area contributed by atoms with Crippen LogP contribution in [0.15, 0.2) is 54.7 Å². The number of benzene rings is 3. The zero-order valence-electron chi connectivity index (χ0n) is 20.7. The number of nitrogens with two attached hydrogens (primary N) is 1. The fourth-order valence-corrected chi connectivity index (χ4v) is 4.68. The molecule has 9 nitrogen and oxygen atoms in total. The number of H-pyrrole nitrogens is 1. The van der Waals surface area contributed by atoms with Gasteiger partial charge in [0.2, 0.25) is 15.8 Å². The van der Waals surface area contributed by atoms with Gasteiger partial charge >= 0.3 is 0 Å². The van der Waals surface area contributed by atoms with Crippen LogP contribution in [0.25, 0.3) is 16.6 Å². The summed E-state index contributed by atoms with van der Waals surface area (Å²) in [6.07, 6.45) is 2.00. The Morgan fingerprint density at radius 2 is 1.77 bits per heavy atom. The number of nitrogens with zero attached hydrogens (tertiary/aromatic N) is 2. The van der Waals surface area contributed by atoms with Crippen molar-refractivity contribution in [3.05, 3.63) is 94.8 Å². The molecule has 0 aliphatic carbocycles. The van der Waals surface area contributed by atoms with Crippen LogP contribution in [0.3, 0.4) is 0 Å². The number of aromatic nitrogens is 3. The summed E-state index contributed by atoms with van der Waals surface area (Å²) in [6.45, 7) is 1.50. The van der Waals surface area contributed by atoms with Gasteiger partial charge < -0.3 is 15.5 Å². The van der Waals surface area contributed by atoms with Gasteiger partial charge in [-0.25, -0.2) is 30.7 Å². The van der Waals surface area contributed by atoms with E-state index in [1.165, 1.54) is 25.1 Å². The van der Waals surface area contributed by atoms with Crippen molar-refractivity contribution >= 4 is 38.2 Å². The predicted octanol–water partition coefficient (Wildman–Crippen LogP) is 5.20. The average molecular weight is 574 g/mol. The lowest BCUT2D eigenvalue weighted by Crippen LogP contribution is -2.10. The second kappa shape index (κ2) is 9.72. The van der Waals surface area contributed by atoms with Gasteiger partial charge in [0, 0.05) is 29.1 Å². The molecule has 5 rings (SSSR count). The molecule has 0 bridgehead atoms. The third-order valence-corrected chi connectivity index (χ3v) is 6.45. The summed E-state index contributed by atoms with van der Waals surface area (Å²) in [6, 6.07) is 8.54. The van der Waals surface area contributed by atoms with Gasteiger partial charge in [0.1, 0.15) is 28.9 Å². The molecule has 3 aromatic carbocycles. The van der Waals surface area contributed by atoms with Crippen LogP contribution in [0, 0.1) is 30.2 Å². The van der Waals surface area contributed by atoms with Gasteiger partial charge in [-0.05, 0) is 42.8 Å². The normalized spacial score (nSPS) is 11.7. The quantitative estimate of drug-likeness (QED) is 0.181. The molecule has 0 fully saturated rings. The van der Waals surface area contributed by atoms with E-state index in [2.05, 4.69) is 14.8 Å². The van der Waals surface area contributed by atoms with Crippen molar-refractivity contribution < 1.29 is 35.5 Å². The predicted molar refractivity (Wildman–Crippen MR) is 139 cm³/mol. The number of sulfonamides is 1. The number of aromatic amines is 1. The molecule has 0 atom stereocenters. The molecule has 0 amide bonds. The van der Waals surface area contributed by atoms with Crippen molar-refractivity contribution in [2.24, 2.45) is 0 Å². The summed E-state index contributed by atoms with van der Waals surface area (Å²) in [4.78, 5) is 16.0. The summed E-state index contributed by atoms with van der Waals surface area (Å²) in [5, 5.41) is 4.39. The largest absolute Gasteiger partial charge is 0.454 e. The number of ether oxygens (including phenoxy) is 1. The monoisotopic (exact) mass is 573 g/mol. The highest BCUT2D eigenvalue weighted by Gasteiger charge is 2.23. The molecule has 2 heterocycles. The van der Waals surface area contributed by atoms with E-state index in [-0.39, 0.29) is 45.3 Å². The summed E-state index contributed by atoms with van der Waals surface area (Å²) in [7, 11) is -3.74. The maximum atomic E-state index is 15.2. The number of carbonyl (C=O) groups is 1. The minimum atomic E-state index is -3.74. The first-order chi connectivity index (χ1) is 18.8. The van der Waals surface area contributed by atoms with Crippen LogP contribution < -0.4 is 15.2 Å². The Morgan fingerprint density at radius 1 is 1.02 bits per heavy atom. The van der Waals surface area contributed by atoms with Gasteiger partial charge in [-0.1, -0.05) is 0 Å². The summed E-state index contributed by atoms with van der Waals surface area (Å²) < 4.78 is 88.3. The molecule has 4 N–H and O–H groups in total. The molecule has 0 spiro atoms. The number of anilines is 2. The molecular formula is C26H19F4N5O4S. The van der Waals surface area contributed by atoms with E-state index in [0.29, 0.717) is 5.39 Å². The zero-order chi connectivity index (χ0) is 28.9. The maximum Gasteiger partial charge on any atom is 0.229 e. The van der Waals surface area contributed by atoms with Gasteiger partial charge in [0.25, 0.3) is 0 Å². The minimum Gasteiger partial charge on any atom is -0.454 e. The molecule has 0 unspecified atom stereocenters. The number of aryl methyl sites for hydroxylation is 1. The van der Waals surface area contributed by atoms with E-state index in [4.69, 9.17) is 10.5 Å². The second-order valence-electron chi connectivity index (χ2n) is 8.91. The number of carbonyl (C=O) groups excluding carboxylic acids is 1. The first-order valence-corrected chi connectivity index (χ1v) is 13.3. The highest BCUT2D eigenvalue weighted by atomic mass is 32.2. The first-order valence-electron chi connectivity index (χ1n) is 11.4. The number of nitrogens with one attached hydrogen (secondary N) is 2. The van der Waals surface area contributed by atoms with Crippen molar-refractivity contribution in [3.63, 3.8) is 0 Å². The Morgan fingerprint density at radius 3 is 2.48 bits per heavy atom. The summed E-state index contributed by atoms with van der Waals surface area (Å²) >= 11 is 0. The molecule has 206 valence electrons. The number of ketones is 1. The maximum absolute atomic E-state index is 15.2. The minimum absolute atomic E-state index is 0.00443. The van der Waals surface area contributed by atoms with E-state index in [1.807, 2.05) is 0 Å². The Balaban J connectivity index is 1.46. The molecule has 2 aromatic heterocycles. The Bertz CT molecular complexity index is 1910. The van der Waals surface area contributed by atoms with Gasteiger partial charge in [-0.3, -0.25) is 9.52 Å². The molecule has 5 aromatic rings. The van der Waals surface area contributed by atoms with Crippen LogP contribution in [-0.4, -0.2) is 35.2 Å². The van der Waals surface area contributed by atoms with Gasteiger partial charge in [-0.2, -0.15) is 5.10 Å². The lowest BCUT2D eigenvalue weighted by molar-refractivity contribution is 0.103. The number of hydrogen-bond donors (Lipinski definition) is 3. The SMILES string of the molecule is Cc1cc(Oc2cc(F)ccc2F)cc(F)c1-n1ncc(C(=O)c2cc3cc(NS(C)(=O)=O)c(F)cc3[nH]2)c1N. The van der Waals surface area contributed by atoms with Crippen molar-refractivity contribution in [1.29, 1.82) is 0 Å². The third-order valence-electron chi connectivity index (χ3n) is 5.86. The molecule has 0 aliphatic heterocycles. The molecular weight excluding hydrogens is 554 g/mol. The number of halogens is 4. The Kier molecular flexibility index (Phi) is 6.50. The molecule has 40 heavy (non-hydrogen) atoms. The van der Waals surface area contributed by atoms with E-state index in [9.17, 15) is 26.4 Å². The van der Waals surface area contributed by atoms with Crippen molar-refractivity contribution in [2.45, 2.75) is 6.92 Å². The van der Waals surface area contributed by atoms with Crippen LogP contribution in [0.2, 0.25) is 0 Å². The number of fused-ring (bicyclic) bond motifs is 1. The molecule has 14 heteroatoms. The number of nitrogen functional groups attached to an aromatic ring is 1. The summed E-state index contributed by atoms with van der Waals surface area (Å²) in [5.41, 5.74) is 6.13. The van der Waals surface area contributed by atoms with Gasteiger partial charge in [0.15, 0.2) is 17.4 Å². The van der Waals surface area contributed by atoms with E-state index in [1.54, 1.807) is 0 Å². The average Bonchev–Trinajstić information content (AvgIpc) is 3.43. The lowest BCUT2D eigenvalue weighted by Gasteiger charge is -2.13. The smallest absolute Gasteiger partial charge is 0.229 e. The van der Waals surface area contributed by atoms with Crippen molar-refractivity contribution in [2.75, 3.05) is 16.7 Å². The fraction of sp³-hybridized carbons (Fsp3) is 0.0769.